The standard InChI is InChI=1S/C59H65N11P/c1-61(2)46-26-36-66(37-27-46)55-54(60-71(51-20-14-11-15-21-51,52-22-16-12-17-23-52)53-24-18-13-19-25-53)56(67-38-28-47(29-39-67)62(3)4)58(69-42-32-49(33-43-69)64(7)8)59(70-44-34-50(35-45-70)65(9)10)57(55)68-40-30-48(31-41-68)63(5)6/h11-45H,1-10H3/q+5. The molecule has 0 saturated carbocycles. The first-order valence-corrected chi connectivity index (χ1v) is 25.6. The highest BCUT2D eigenvalue weighted by atomic mass is 31.2. The van der Waals surface area contributed by atoms with Gasteiger partial charge in [0.1, 0.15) is 0 Å². The van der Waals surface area contributed by atoms with E-state index in [2.05, 4.69) is 331 Å². The SMILES string of the molecule is CN(C)c1cc[n+](-c2c(N=P(c3ccccc3)(c3ccccc3)c3ccccc3)c(-[n+]3ccc(N(C)C)cc3)c(-[n+]3ccc(N(C)C)cc3)c(-[n+]3ccc(N(C)C)cc3)c2-[n+]2ccc(N(C)C)cc2)cc1. The summed E-state index contributed by atoms with van der Waals surface area (Å²) in [5.74, 6) is 0. The maximum atomic E-state index is 6.59. The van der Waals surface area contributed by atoms with Gasteiger partial charge in [0.25, 0.3) is 0 Å². The van der Waals surface area contributed by atoms with E-state index in [0.29, 0.717) is 0 Å². The van der Waals surface area contributed by atoms with Gasteiger partial charge in [0, 0.05) is 175 Å². The van der Waals surface area contributed by atoms with Crippen LogP contribution in [0.5, 0.6) is 0 Å². The minimum Gasteiger partial charge on any atom is -0.377 e. The van der Waals surface area contributed by atoms with E-state index in [1.165, 1.54) is 0 Å². The molecule has 0 fully saturated rings. The van der Waals surface area contributed by atoms with Gasteiger partial charge in [0.05, 0.1) is 7.05 Å². The Labute approximate surface area is 419 Å². The summed E-state index contributed by atoms with van der Waals surface area (Å²) in [7, 11) is 17.9. The van der Waals surface area contributed by atoms with Gasteiger partial charge >= 0.3 is 28.4 Å². The van der Waals surface area contributed by atoms with Gasteiger partial charge in [-0.2, -0.15) is 22.8 Å². The van der Waals surface area contributed by atoms with Gasteiger partial charge in [-0.15, -0.1) is 0 Å². The zero-order valence-corrected chi connectivity index (χ0v) is 43.5. The third-order valence-corrected chi connectivity index (χ3v) is 16.6. The van der Waals surface area contributed by atoms with Crippen LogP contribution in [0, 0.1) is 0 Å². The number of hydrogen-bond donors (Lipinski definition) is 0. The van der Waals surface area contributed by atoms with E-state index < -0.39 is 7.05 Å². The van der Waals surface area contributed by atoms with E-state index in [4.69, 9.17) is 4.74 Å². The molecule has 0 saturated heterocycles. The van der Waals surface area contributed by atoms with Crippen LogP contribution in [0.2, 0.25) is 0 Å². The molecule has 0 bridgehead atoms. The summed E-state index contributed by atoms with van der Waals surface area (Å²) in [6, 6.07) is 54.6. The van der Waals surface area contributed by atoms with Gasteiger partial charge < -0.3 is 24.5 Å². The number of anilines is 5. The van der Waals surface area contributed by atoms with Gasteiger partial charge in [-0.25, -0.2) is 4.74 Å². The lowest BCUT2D eigenvalue weighted by molar-refractivity contribution is -0.669. The van der Waals surface area contributed by atoms with Crippen LogP contribution in [-0.2, 0) is 0 Å². The number of aromatic nitrogens is 5. The molecule has 0 spiro atoms. The lowest BCUT2D eigenvalue weighted by atomic mass is 10.1. The summed E-state index contributed by atoms with van der Waals surface area (Å²) >= 11 is 0. The van der Waals surface area contributed by atoms with Crippen molar-refractivity contribution >= 4 is 57.1 Å². The van der Waals surface area contributed by atoms with Gasteiger partial charge in [0.15, 0.2) is 62.0 Å². The first-order valence-electron chi connectivity index (χ1n) is 23.8. The van der Waals surface area contributed by atoms with Crippen molar-refractivity contribution < 1.29 is 22.8 Å². The average molecular weight is 959 g/mol. The van der Waals surface area contributed by atoms with Crippen molar-refractivity contribution in [2.75, 3.05) is 95.0 Å². The van der Waals surface area contributed by atoms with E-state index in [1.54, 1.807) is 0 Å². The van der Waals surface area contributed by atoms with Gasteiger partial charge in [-0.3, -0.25) is 0 Å². The predicted octanol–water partition coefficient (Wildman–Crippen LogP) is 7.21. The molecule has 0 radical (unpaired) electrons. The van der Waals surface area contributed by atoms with E-state index in [9.17, 15) is 0 Å². The minimum absolute atomic E-state index is 0.813. The molecule has 0 aliphatic heterocycles. The molecular weight excluding hydrogens is 894 g/mol. The van der Waals surface area contributed by atoms with Gasteiger partial charge in [-0.05, 0) is 0 Å². The molecule has 0 aliphatic carbocycles. The number of nitrogens with zero attached hydrogens (tertiary/aromatic N) is 11. The highest BCUT2D eigenvalue weighted by molar-refractivity contribution is 7.87. The summed E-state index contributed by atoms with van der Waals surface area (Å²) in [5, 5.41) is 3.42. The lowest BCUT2D eigenvalue weighted by Crippen LogP contribution is -2.50. The van der Waals surface area contributed by atoms with Gasteiger partial charge in [-0.1, -0.05) is 91.0 Å². The molecule has 4 aromatic carbocycles. The van der Waals surface area contributed by atoms with Crippen LogP contribution in [0.1, 0.15) is 0 Å². The van der Waals surface area contributed by atoms with Crippen molar-refractivity contribution in [1.29, 1.82) is 0 Å². The predicted molar refractivity (Wildman–Crippen MR) is 293 cm³/mol. The third-order valence-electron chi connectivity index (χ3n) is 12.9. The van der Waals surface area contributed by atoms with Crippen molar-refractivity contribution in [2.45, 2.75) is 0 Å². The Bertz CT molecular complexity index is 3060. The molecule has 11 nitrogen and oxygen atoms in total. The Morgan fingerprint density at radius 3 is 0.676 bits per heavy atom. The summed E-state index contributed by atoms with van der Waals surface area (Å²) in [5.41, 5.74) is 10.9. The molecular formula is C59H65N11P+5. The Morgan fingerprint density at radius 2 is 0.465 bits per heavy atom. The van der Waals surface area contributed by atoms with E-state index in [0.717, 1.165) is 78.5 Å². The first-order chi connectivity index (χ1) is 34.3. The minimum atomic E-state index is -2.95. The third kappa shape index (κ3) is 9.49. The fourth-order valence-electron chi connectivity index (χ4n) is 9.02. The van der Waals surface area contributed by atoms with E-state index >= 15 is 0 Å². The van der Waals surface area contributed by atoms with E-state index in [-0.39, 0.29) is 0 Å². The van der Waals surface area contributed by atoms with Gasteiger partial charge in [0.2, 0.25) is 5.69 Å². The Balaban J connectivity index is 1.63. The van der Waals surface area contributed by atoms with Crippen LogP contribution in [0.4, 0.5) is 34.1 Å². The summed E-state index contributed by atoms with van der Waals surface area (Å²) in [6.45, 7) is 0. The zero-order valence-electron chi connectivity index (χ0n) is 42.6. The highest BCUT2D eigenvalue weighted by Crippen LogP contribution is 2.52. The molecule has 0 atom stereocenters. The second-order valence-corrected chi connectivity index (χ2v) is 21.6. The fourth-order valence-corrected chi connectivity index (χ4v) is 12.6. The quantitative estimate of drug-likeness (QED) is 0.0853. The van der Waals surface area contributed by atoms with Crippen LogP contribution in [-0.4, -0.2) is 70.5 Å². The maximum absolute atomic E-state index is 6.59. The first kappa shape index (κ1) is 47.9. The van der Waals surface area contributed by atoms with Crippen LogP contribution < -0.4 is 63.2 Å². The molecule has 0 aliphatic rings. The molecule has 5 aromatic heterocycles. The molecule has 0 N–H and O–H groups in total. The summed E-state index contributed by atoms with van der Waals surface area (Å²) in [4.78, 5) is 10.7. The van der Waals surface area contributed by atoms with Crippen molar-refractivity contribution in [1.82, 2.24) is 0 Å². The monoisotopic (exact) mass is 959 g/mol. The summed E-state index contributed by atoms with van der Waals surface area (Å²) < 4.78 is 17.9. The second kappa shape index (κ2) is 20.4. The smallest absolute Gasteiger partial charge is 0.370 e. The number of rotatable bonds is 14. The van der Waals surface area contributed by atoms with Crippen molar-refractivity contribution in [3.05, 3.63) is 214 Å². The largest absolute Gasteiger partial charge is 0.377 e. The second-order valence-electron chi connectivity index (χ2n) is 18.6. The van der Waals surface area contributed by atoms with Crippen LogP contribution in [0.25, 0.3) is 28.4 Å². The Kier molecular flexibility index (Phi) is 13.8. The molecule has 356 valence electrons. The molecule has 9 aromatic rings. The molecule has 71 heavy (non-hydrogen) atoms. The molecule has 0 unspecified atom stereocenters. The topological polar surface area (TPSA) is 48.0 Å². The molecule has 5 heterocycles. The van der Waals surface area contributed by atoms with E-state index in [1.807, 2.05) is 0 Å². The fraction of sp³-hybridized carbons (Fsp3) is 0.169. The van der Waals surface area contributed by atoms with Crippen LogP contribution in [0.15, 0.2) is 218 Å². The van der Waals surface area contributed by atoms with Crippen molar-refractivity contribution in [2.24, 2.45) is 4.74 Å². The number of pyridine rings is 5. The Hall–Kier alpha value is -8.14. The molecule has 0 amide bonds. The lowest BCUT2D eigenvalue weighted by Gasteiger charge is -2.27. The molecule has 9 rings (SSSR count). The zero-order chi connectivity index (χ0) is 49.8. The maximum Gasteiger partial charge on any atom is 0.370 e. The normalized spacial score (nSPS) is 11.2. The Morgan fingerprint density at radius 1 is 0.268 bits per heavy atom. The average Bonchev–Trinajstić information content (AvgIpc) is 3.40. The van der Waals surface area contributed by atoms with Crippen molar-refractivity contribution in [3.63, 3.8) is 0 Å². The number of hydrogen-bond acceptors (Lipinski definition) is 6. The molecule has 12 heteroatoms. The summed E-state index contributed by atoms with van der Waals surface area (Å²) in [6.07, 6.45) is 21.8. The van der Waals surface area contributed by atoms with Crippen molar-refractivity contribution in [3.8, 4) is 28.4 Å². The highest BCUT2D eigenvalue weighted by Gasteiger charge is 2.50. The van der Waals surface area contributed by atoms with Crippen LogP contribution in [0.3, 0.4) is 0 Å². The number of benzene rings is 4. The van der Waals surface area contributed by atoms with Crippen LogP contribution >= 0.6 is 7.05 Å².